The van der Waals surface area contributed by atoms with E-state index in [1.165, 1.54) is 0 Å². The van der Waals surface area contributed by atoms with Crippen molar-refractivity contribution >= 4 is 0 Å². The van der Waals surface area contributed by atoms with Crippen molar-refractivity contribution in [2.45, 2.75) is 25.8 Å². The lowest BCUT2D eigenvalue weighted by molar-refractivity contribution is 0.411. The molecule has 0 saturated heterocycles. The van der Waals surface area contributed by atoms with Gasteiger partial charge in [-0.3, -0.25) is 4.98 Å². The second-order valence-electron chi connectivity index (χ2n) is 3.90. The molecular formula is C10H16N2O. The standard InChI is InChI=1S/C10H16N2O/c1-10(2,11)5-8-4-9(13-3)7-12-6-8/h4,6-7H,5,11H2,1-3H3. The largest absolute Gasteiger partial charge is 0.495 e. The fourth-order valence-corrected chi connectivity index (χ4v) is 1.20. The summed E-state index contributed by atoms with van der Waals surface area (Å²) in [5, 5.41) is 0. The van der Waals surface area contributed by atoms with Gasteiger partial charge in [-0.05, 0) is 31.9 Å². The molecule has 13 heavy (non-hydrogen) atoms. The molecular weight excluding hydrogens is 164 g/mol. The van der Waals surface area contributed by atoms with Crippen LogP contribution in [0, 0.1) is 0 Å². The van der Waals surface area contributed by atoms with Crippen molar-refractivity contribution in [1.82, 2.24) is 4.98 Å². The Labute approximate surface area is 78.9 Å². The van der Waals surface area contributed by atoms with Crippen LogP contribution in [0.25, 0.3) is 0 Å². The highest BCUT2D eigenvalue weighted by molar-refractivity contribution is 5.24. The monoisotopic (exact) mass is 180 g/mol. The Morgan fingerprint density at radius 3 is 2.69 bits per heavy atom. The first-order valence-corrected chi connectivity index (χ1v) is 4.28. The summed E-state index contributed by atoms with van der Waals surface area (Å²) in [5.41, 5.74) is 6.79. The average molecular weight is 180 g/mol. The number of hydrogen-bond donors (Lipinski definition) is 1. The van der Waals surface area contributed by atoms with Crippen LogP contribution < -0.4 is 10.5 Å². The third-order valence-electron chi connectivity index (χ3n) is 1.67. The fourth-order valence-electron chi connectivity index (χ4n) is 1.20. The number of pyridine rings is 1. The van der Waals surface area contributed by atoms with E-state index in [9.17, 15) is 0 Å². The molecule has 0 aliphatic heterocycles. The number of rotatable bonds is 3. The predicted octanol–water partition coefficient (Wildman–Crippen LogP) is 1.37. The van der Waals surface area contributed by atoms with Crippen LogP contribution in [0.5, 0.6) is 5.75 Å². The summed E-state index contributed by atoms with van der Waals surface area (Å²) >= 11 is 0. The van der Waals surface area contributed by atoms with Crippen LogP contribution in [-0.4, -0.2) is 17.6 Å². The molecule has 0 spiro atoms. The van der Waals surface area contributed by atoms with Gasteiger partial charge in [0.05, 0.1) is 13.3 Å². The van der Waals surface area contributed by atoms with Crippen LogP contribution in [0.3, 0.4) is 0 Å². The molecule has 3 nitrogen and oxygen atoms in total. The SMILES string of the molecule is COc1cncc(CC(C)(C)N)c1. The molecule has 1 aromatic rings. The van der Waals surface area contributed by atoms with E-state index in [1.54, 1.807) is 13.3 Å². The van der Waals surface area contributed by atoms with E-state index in [0.29, 0.717) is 0 Å². The maximum absolute atomic E-state index is 5.89. The van der Waals surface area contributed by atoms with E-state index >= 15 is 0 Å². The van der Waals surface area contributed by atoms with Crippen molar-refractivity contribution in [2.24, 2.45) is 5.73 Å². The molecule has 1 rings (SSSR count). The minimum atomic E-state index is -0.200. The van der Waals surface area contributed by atoms with Gasteiger partial charge < -0.3 is 10.5 Å². The first-order valence-electron chi connectivity index (χ1n) is 4.28. The smallest absolute Gasteiger partial charge is 0.137 e. The molecule has 1 aromatic heterocycles. The van der Waals surface area contributed by atoms with Gasteiger partial charge in [-0.15, -0.1) is 0 Å². The lowest BCUT2D eigenvalue weighted by atomic mass is 9.97. The van der Waals surface area contributed by atoms with Gasteiger partial charge in [0.15, 0.2) is 0 Å². The Morgan fingerprint density at radius 2 is 2.15 bits per heavy atom. The highest BCUT2D eigenvalue weighted by atomic mass is 16.5. The molecule has 0 unspecified atom stereocenters. The summed E-state index contributed by atoms with van der Waals surface area (Å²) in [6.45, 7) is 3.99. The zero-order valence-electron chi connectivity index (χ0n) is 8.37. The highest BCUT2D eigenvalue weighted by Gasteiger charge is 2.11. The third kappa shape index (κ3) is 3.42. The van der Waals surface area contributed by atoms with Gasteiger partial charge in [-0.25, -0.2) is 0 Å². The van der Waals surface area contributed by atoms with E-state index in [4.69, 9.17) is 10.5 Å². The van der Waals surface area contributed by atoms with E-state index in [-0.39, 0.29) is 5.54 Å². The summed E-state index contributed by atoms with van der Waals surface area (Å²) < 4.78 is 5.07. The van der Waals surface area contributed by atoms with Crippen molar-refractivity contribution in [2.75, 3.05) is 7.11 Å². The van der Waals surface area contributed by atoms with Crippen LogP contribution in [0.15, 0.2) is 18.5 Å². The number of hydrogen-bond acceptors (Lipinski definition) is 3. The second kappa shape index (κ2) is 3.75. The molecule has 72 valence electrons. The molecule has 0 amide bonds. The fraction of sp³-hybridized carbons (Fsp3) is 0.500. The number of methoxy groups -OCH3 is 1. The lowest BCUT2D eigenvalue weighted by Crippen LogP contribution is -2.34. The van der Waals surface area contributed by atoms with Crippen LogP contribution in [-0.2, 0) is 6.42 Å². The number of ether oxygens (including phenoxy) is 1. The molecule has 0 fully saturated rings. The molecule has 1 heterocycles. The van der Waals surface area contributed by atoms with E-state index in [1.807, 2.05) is 26.1 Å². The Balaban J connectivity index is 2.78. The van der Waals surface area contributed by atoms with Crippen LogP contribution in [0.4, 0.5) is 0 Å². The topological polar surface area (TPSA) is 48.1 Å². The van der Waals surface area contributed by atoms with Crippen molar-refractivity contribution in [3.05, 3.63) is 24.0 Å². The first-order chi connectivity index (χ1) is 6.01. The van der Waals surface area contributed by atoms with Gasteiger partial charge in [-0.1, -0.05) is 0 Å². The van der Waals surface area contributed by atoms with Crippen molar-refractivity contribution in [3.63, 3.8) is 0 Å². The Bertz CT molecular complexity index is 278. The number of nitrogens with two attached hydrogens (primary N) is 1. The van der Waals surface area contributed by atoms with Crippen LogP contribution >= 0.6 is 0 Å². The normalized spacial score (nSPS) is 11.4. The number of nitrogens with zero attached hydrogens (tertiary/aromatic N) is 1. The first kappa shape index (κ1) is 9.99. The van der Waals surface area contributed by atoms with Crippen LogP contribution in [0.2, 0.25) is 0 Å². The highest BCUT2D eigenvalue weighted by Crippen LogP contribution is 2.14. The molecule has 3 heteroatoms. The summed E-state index contributed by atoms with van der Waals surface area (Å²) in [7, 11) is 1.63. The molecule has 0 aliphatic rings. The van der Waals surface area contributed by atoms with Gasteiger partial charge in [0, 0.05) is 11.7 Å². The molecule has 0 radical (unpaired) electrons. The van der Waals surface area contributed by atoms with E-state index in [0.717, 1.165) is 17.7 Å². The van der Waals surface area contributed by atoms with Gasteiger partial charge >= 0.3 is 0 Å². The molecule has 2 N–H and O–H groups in total. The summed E-state index contributed by atoms with van der Waals surface area (Å²) in [6, 6.07) is 1.96. The van der Waals surface area contributed by atoms with Crippen molar-refractivity contribution in [3.8, 4) is 5.75 Å². The third-order valence-corrected chi connectivity index (χ3v) is 1.67. The van der Waals surface area contributed by atoms with E-state index < -0.39 is 0 Å². The summed E-state index contributed by atoms with van der Waals surface area (Å²) in [4.78, 5) is 4.06. The summed E-state index contributed by atoms with van der Waals surface area (Å²) in [5.74, 6) is 0.779. The van der Waals surface area contributed by atoms with Crippen molar-refractivity contribution in [1.29, 1.82) is 0 Å². The zero-order valence-corrected chi connectivity index (χ0v) is 8.37. The minimum Gasteiger partial charge on any atom is -0.495 e. The molecule has 0 atom stereocenters. The molecule has 0 saturated carbocycles. The quantitative estimate of drug-likeness (QED) is 0.764. The summed E-state index contributed by atoms with van der Waals surface area (Å²) in [6.07, 6.45) is 4.31. The maximum atomic E-state index is 5.89. The van der Waals surface area contributed by atoms with E-state index in [2.05, 4.69) is 4.98 Å². The molecule has 0 aromatic carbocycles. The number of aromatic nitrogens is 1. The average Bonchev–Trinajstić information content (AvgIpc) is 2.01. The lowest BCUT2D eigenvalue weighted by Gasteiger charge is -2.18. The maximum Gasteiger partial charge on any atom is 0.137 e. The van der Waals surface area contributed by atoms with Crippen LogP contribution in [0.1, 0.15) is 19.4 Å². The van der Waals surface area contributed by atoms with Gasteiger partial charge in [0.25, 0.3) is 0 Å². The molecule has 0 aliphatic carbocycles. The Kier molecular flexibility index (Phi) is 2.88. The second-order valence-corrected chi connectivity index (χ2v) is 3.90. The molecule has 0 bridgehead atoms. The minimum absolute atomic E-state index is 0.200. The van der Waals surface area contributed by atoms with Gasteiger partial charge in [0.1, 0.15) is 5.75 Å². The van der Waals surface area contributed by atoms with Gasteiger partial charge in [-0.2, -0.15) is 0 Å². The zero-order chi connectivity index (χ0) is 9.90. The van der Waals surface area contributed by atoms with Crippen molar-refractivity contribution < 1.29 is 4.74 Å². The Hall–Kier alpha value is -1.09. The van der Waals surface area contributed by atoms with Gasteiger partial charge in [0.2, 0.25) is 0 Å². The Morgan fingerprint density at radius 1 is 1.46 bits per heavy atom. The predicted molar refractivity (Wildman–Crippen MR) is 52.8 cm³/mol.